The van der Waals surface area contributed by atoms with Crippen LogP contribution < -0.4 is 10.2 Å². The Morgan fingerprint density at radius 3 is 2.73 bits per heavy atom. The molecular weight excluding hydrogens is 350 g/mol. The van der Waals surface area contributed by atoms with Crippen molar-refractivity contribution in [1.82, 2.24) is 15.3 Å². The fraction of sp³-hybridized carbons (Fsp3) is 0.250. The van der Waals surface area contributed by atoms with Crippen molar-refractivity contribution in [2.24, 2.45) is 0 Å². The molecule has 0 spiro atoms. The SMILES string of the molecule is COc1ccccc1C1CC2C(=O)N(Cc3ccccc3Cl)C=CN2N1. The highest BCUT2D eigenvalue weighted by molar-refractivity contribution is 6.31. The van der Waals surface area contributed by atoms with Gasteiger partial charge in [-0.1, -0.05) is 48.0 Å². The molecule has 1 N–H and O–H groups in total. The maximum atomic E-state index is 13.0. The molecule has 2 aliphatic heterocycles. The van der Waals surface area contributed by atoms with E-state index in [0.717, 1.165) is 16.9 Å². The summed E-state index contributed by atoms with van der Waals surface area (Å²) in [5, 5.41) is 2.57. The van der Waals surface area contributed by atoms with Crippen molar-refractivity contribution < 1.29 is 9.53 Å². The first-order chi connectivity index (χ1) is 12.7. The van der Waals surface area contributed by atoms with Gasteiger partial charge < -0.3 is 14.6 Å². The lowest BCUT2D eigenvalue weighted by Crippen LogP contribution is -2.47. The first kappa shape index (κ1) is 16.9. The van der Waals surface area contributed by atoms with E-state index >= 15 is 0 Å². The molecule has 0 aliphatic carbocycles. The van der Waals surface area contributed by atoms with Crippen LogP contribution in [0.1, 0.15) is 23.6 Å². The number of methoxy groups -OCH3 is 1. The molecule has 26 heavy (non-hydrogen) atoms. The molecule has 4 rings (SSSR count). The minimum absolute atomic E-state index is 0.0324. The van der Waals surface area contributed by atoms with Gasteiger partial charge in [0.05, 0.1) is 19.7 Å². The second-order valence-electron chi connectivity index (χ2n) is 6.44. The molecule has 0 aromatic heterocycles. The number of fused-ring (bicyclic) bond motifs is 1. The van der Waals surface area contributed by atoms with E-state index in [1.165, 1.54) is 0 Å². The molecule has 1 amide bonds. The average molecular weight is 370 g/mol. The average Bonchev–Trinajstić information content (AvgIpc) is 3.10. The van der Waals surface area contributed by atoms with Crippen LogP contribution in [0.3, 0.4) is 0 Å². The molecule has 5 nitrogen and oxygen atoms in total. The van der Waals surface area contributed by atoms with Gasteiger partial charge in [-0.25, -0.2) is 5.43 Å². The number of para-hydroxylation sites is 1. The maximum Gasteiger partial charge on any atom is 0.251 e. The van der Waals surface area contributed by atoms with Crippen molar-refractivity contribution in [3.8, 4) is 5.75 Å². The van der Waals surface area contributed by atoms with Crippen molar-refractivity contribution in [2.75, 3.05) is 7.11 Å². The lowest BCUT2D eigenvalue weighted by Gasteiger charge is -2.32. The third-order valence-corrected chi connectivity index (χ3v) is 5.26. The predicted molar refractivity (Wildman–Crippen MR) is 100 cm³/mol. The molecule has 2 aliphatic rings. The maximum absolute atomic E-state index is 13.0. The largest absolute Gasteiger partial charge is 0.496 e. The molecule has 1 fully saturated rings. The summed E-state index contributed by atoms with van der Waals surface area (Å²) in [6, 6.07) is 15.3. The van der Waals surface area contributed by atoms with Gasteiger partial charge in [0.25, 0.3) is 5.91 Å². The van der Waals surface area contributed by atoms with Gasteiger partial charge in [0, 0.05) is 23.0 Å². The van der Waals surface area contributed by atoms with Crippen molar-refractivity contribution in [3.63, 3.8) is 0 Å². The topological polar surface area (TPSA) is 44.8 Å². The number of ether oxygens (including phenoxy) is 1. The van der Waals surface area contributed by atoms with E-state index in [0.29, 0.717) is 18.0 Å². The fourth-order valence-corrected chi connectivity index (χ4v) is 3.73. The third-order valence-electron chi connectivity index (χ3n) is 4.89. The molecule has 0 saturated carbocycles. The van der Waals surface area contributed by atoms with Crippen LogP contribution >= 0.6 is 11.6 Å². The van der Waals surface area contributed by atoms with Gasteiger partial charge in [-0.2, -0.15) is 0 Å². The number of hydrogen-bond acceptors (Lipinski definition) is 4. The van der Waals surface area contributed by atoms with Gasteiger partial charge in [-0.15, -0.1) is 0 Å². The number of carbonyl (C=O) groups excluding carboxylic acids is 1. The van der Waals surface area contributed by atoms with Crippen molar-refractivity contribution >= 4 is 17.5 Å². The van der Waals surface area contributed by atoms with Crippen LogP contribution in [0.4, 0.5) is 0 Å². The molecular formula is C20H20ClN3O2. The second kappa shape index (κ2) is 7.02. The number of benzene rings is 2. The van der Waals surface area contributed by atoms with Crippen LogP contribution in [0.25, 0.3) is 0 Å². The number of nitrogens with one attached hydrogen (secondary N) is 1. The van der Waals surface area contributed by atoms with Crippen molar-refractivity contribution in [2.45, 2.75) is 25.0 Å². The standard InChI is InChI=1S/C20H20ClN3O2/c1-26-19-9-5-3-7-15(19)17-12-18-20(25)23(10-11-24(18)22-17)13-14-6-2-4-8-16(14)21/h2-11,17-18,22H,12-13H2,1H3. The van der Waals surface area contributed by atoms with Gasteiger partial charge >= 0.3 is 0 Å². The van der Waals surface area contributed by atoms with Crippen molar-refractivity contribution in [1.29, 1.82) is 0 Å². The van der Waals surface area contributed by atoms with Crippen LogP contribution in [0, 0.1) is 0 Å². The highest BCUT2D eigenvalue weighted by Crippen LogP contribution is 2.35. The van der Waals surface area contributed by atoms with Gasteiger partial charge in [-0.3, -0.25) is 4.79 Å². The lowest BCUT2D eigenvalue weighted by atomic mass is 10.00. The Hall–Kier alpha value is -2.50. The highest BCUT2D eigenvalue weighted by atomic mass is 35.5. The van der Waals surface area contributed by atoms with Crippen LogP contribution in [0.15, 0.2) is 60.9 Å². The molecule has 2 aromatic rings. The summed E-state index contributed by atoms with van der Waals surface area (Å²) in [6.07, 6.45) is 4.40. The van der Waals surface area contributed by atoms with Crippen LogP contribution in [-0.2, 0) is 11.3 Å². The minimum atomic E-state index is -0.239. The smallest absolute Gasteiger partial charge is 0.251 e. The summed E-state index contributed by atoms with van der Waals surface area (Å²) in [5.74, 6) is 0.895. The number of nitrogens with zero attached hydrogens (tertiary/aromatic N) is 2. The molecule has 2 atom stereocenters. The van der Waals surface area contributed by atoms with Crippen LogP contribution in [0.5, 0.6) is 5.75 Å². The first-order valence-corrected chi connectivity index (χ1v) is 8.95. The van der Waals surface area contributed by atoms with E-state index < -0.39 is 0 Å². The normalized spacial score (nSPS) is 21.8. The number of hydrogen-bond donors (Lipinski definition) is 1. The summed E-state index contributed by atoms with van der Waals surface area (Å²) < 4.78 is 5.46. The zero-order valence-corrected chi connectivity index (χ0v) is 15.2. The number of halogens is 1. The Balaban J connectivity index is 1.52. The van der Waals surface area contributed by atoms with E-state index in [-0.39, 0.29) is 18.0 Å². The van der Waals surface area contributed by atoms with E-state index in [1.54, 1.807) is 18.2 Å². The van der Waals surface area contributed by atoms with E-state index in [4.69, 9.17) is 16.3 Å². The monoisotopic (exact) mass is 369 g/mol. The molecule has 0 radical (unpaired) electrons. The zero-order valence-electron chi connectivity index (χ0n) is 14.4. The molecule has 2 unspecified atom stereocenters. The summed E-state index contributed by atoms with van der Waals surface area (Å²) in [5.41, 5.74) is 5.40. The molecule has 0 bridgehead atoms. The quantitative estimate of drug-likeness (QED) is 0.896. The van der Waals surface area contributed by atoms with E-state index in [9.17, 15) is 4.79 Å². The molecule has 2 heterocycles. The number of hydrazine groups is 1. The first-order valence-electron chi connectivity index (χ1n) is 8.57. The zero-order chi connectivity index (χ0) is 18.1. The van der Waals surface area contributed by atoms with Gasteiger partial charge in [0.15, 0.2) is 0 Å². The summed E-state index contributed by atoms with van der Waals surface area (Å²) in [4.78, 5) is 14.7. The molecule has 6 heteroatoms. The van der Waals surface area contributed by atoms with Gasteiger partial charge in [0.2, 0.25) is 0 Å². The predicted octanol–water partition coefficient (Wildman–Crippen LogP) is 3.48. The Bertz CT molecular complexity index is 854. The van der Waals surface area contributed by atoms with Gasteiger partial charge in [0.1, 0.15) is 11.8 Å². The Kier molecular flexibility index (Phi) is 4.57. The van der Waals surface area contributed by atoms with Gasteiger partial charge in [-0.05, 0) is 24.1 Å². The molecule has 2 aromatic carbocycles. The Morgan fingerprint density at radius 1 is 1.15 bits per heavy atom. The summed E-state index contributed by atoms with van der Waals surface area (Å²) in [7, 11) is 1.66. The number of amides is 1. The summed E-state index contributed by atoms with van der Waals surface area (Å²) >= 11 is 6.24. The Labute approximate surface area is 157 Å². The van der Waals surface area contributed by atoms with Crippen molar-refractivity contribution in [3.05, 3.63) is 77.1 Å². The fourth-order valence-electron chi connectivity index (χ4n) is 3.53. The Morgan fingerprint density at radius 2 is 1.92 bits per heavy atom. The van der Waals surface area contributed by atoms with Crippen LogP contribution in [-0.4, -0.2) is 29.0 Å². The number of carbonyl (C=O) groups is 1. The number of rotatable bonds is 4. The molecule has 1 saturated heterocycles. The third kappa shape index (κ3) is 3.04. The second-order valence-corrected chi connectivity index (χ2v) is 6.85. The van der Waals surface area contributed by atoms with E-state index in [2.05, 4.69) is 5.43 Å². The van der Waals surface area contributed by atoms with Crippen LogP contribution in [0.2, 0.25) is 5.02 Å². The summed E-state index contributed by atoms with van der Waals surface area (Å²) in [6.45, 7) is 0.471. The molecule has 134 valence electrons. The highest BCUT2D eigenvalue weighted by Gasteiger charge is 2.40. The lowest BCUT2D eigenvalue weighted by molar-refractivity contribution is -0.134. The minimum Gasteiger partial charge on any atom is -0.496 e. The van der Waals surface area contributed by atoms with E-state index in [1.807, 2.05) is 59.7 Å².